The van der Waals surface area contributed by atoms with Crippen LogP contribution in [0.15, 0.2) is 18.2 Å². The Morgan fingerprint density at radius 2 is 1.76 bits per heavy atom. The highest BCUT2D eigenvalue weighted by atomic mass is 16.5. The Labute approximate surface area is 243 Å². The van der Waals surface area contributed by atoms with Crippen molar-refractivity contribution in [1.29, 1.82) is 0 Å². The number of hydrogen-bond acceptors (Lipinski definition) is 10. The van der Waals surface area contributed by atoms with Gasteiger partial charge in [-0.2, -0.15) is 0 Å². The number of Topliss-reactive ketones (excluding diaryl/α,β-unsaturated/α-hetero) is 5. The minimum absolute atomic E-state index is 0.0301. The average Bonchev–Trinajstić information content (AvgIpc) is 3.45. The SMILES string of the molecule is CCC(=O)CC1C2C(C(=O)c3c(O)cccc3C2COC2CCCC2)C(=O)C2(O)C(=O)C(C(N)=O)C(=O)C(N(C)C)C12. The van der Waals surface area contributed by atoms with Crippen LogP contribution in [0.25, 0.3) is 0 Å². The largest absolute Gasteiger partial charge is 0.507 e. The van der Waals surface area contributed by atoms with E-state index in [0.29, 0.717) is 5.56 Å². The normalized spacial score (nSPS) is 34.7. The van der Waals surface area contributed by atoms with Crippen LogP contribution in [-0.4, -0.2) is 88.4 Å². The highest BCUT2D eigenvalue weighted by Crippen LogP contribution is 2.58. The van der Waals surface area contributed by atoms with Crippen LogP contribution in [0, 0.1) is 29.6 Å². The average molecular weight is 583 g/mol. The molecule has 3 saturated carbocycles. The van der Waals surface area contributed by atoms with E-state index in [4.69, 9.17) is 10.5 Å². The van der Waals surface area contributed by atoms with E-state index >= 15 is 0 Å². The number of benzene rings is 1. The van der Waals surface area contributed by atoms with Gasteiger partial charge in [0.1, 0.15) is 11.5 Å². The molecule has 5 rings (SSSR count). The summed E-state index contributed by atoms with van der Waals surface area (Å²) in [6.07, 6.45) is 3.59. The highest BCUT2D eigenvalue weighted by Gasteiger charge is 2.73. The summed E-state index contributed by atoms with van der Waals surface area (Å²) in [6.45, 7) is 1.73. The Morgan fingerprint density at radius 3 is 2.36 bits per heavy atom. The summed E-state index contributed by atoms with van der Waals surface area (Å²) in [7, 11) is 3.04. The second kappa shape index (κ2) is 11.1. The molecule has 11 nitrogen and oxygen atoms in total. The van der Waals surface area contributed by atoms with Crippen molar-refractivity contribution in [2.75, 3.05) is 20.7 Å². The molecule has 1 aromatic carbocycles. The molecule has 0 aromatic heterocycles. The number of phenols is 1. The number of primary amides is 1. The first-order valence-corrected chi connectivity index (χ1v) is 14.7. The monoisotopic (exact) mass is 582 g/mol. The van der Waals surface area contributed by atoms with Crippen molar-refractivity contribution in [3.63, 3.8) is 0 Å². The summed E-state index contributed by atoms with van der Waals surface area (Å²) in [5, 5.41) is 23.0. The number of fused-ring (bicyclic) bond motifs is 3. The third-order valence-electron chi connectivity index (χ3n) is 10.0. The van der Waals surface area contributed by atoms with Gasteiger partial charge in [-0.25, -0.2) is 0 Å². The van der Waals surface area contributed by atoms with E-state index < -0.39 is 76.2 Å². The summed E-state index contributed by atoms with van der Waals surface area (Å²) in [5.41, 5.74) is 2.87. The lowest BCUT2D eigenvalue weighted by atomic mass is 9.46. The van der Waals surface area contributed by atoms with Gasteiger partial charge in [0.25, 0.3) is 0 Å². The Hall–Kier alpha value is -3.28. The summed E-state index contributed by atoms with van der Waals surface area (Å²) in [4.78, 5) is 82.9. The van der Waals surface area contributed by atoms with Crippen LogP contribution < -0.4 is 5.73 Å². The lowest BCUT2D eigenvalue weighted by Crippen LogP contribution is -2.76. The maximum absolute atomic E-state index is 14.4. The predicted octanol–water partition coefficient (Wildman–Crippen LogP) is 0.963. The molecule has 0 radical (unpaired) electrons. The van der Waals surface area contributed by atoms with E-state index in [1.807, 2.05) is 0 Å². The topological polar surface area (TPSA) is 181 Å². The number of aromatic hydroxyl groups is 1. The summed E-state index contributed by atoms with van der Waals surface area (Å²) in [6, 6.07) is 3.27. The number of nitrogens with two attached hydrogens (primary N) is 1. The Bertz CT molecular complexity index is 1350. The number of rotatable bonds is 8. The molecular formula is C31H38N2O9. The minimum Gasteiger partial charge on any atom is -0.507 e. The maximum atomic E-state index is 14.4. The van der Waals surface area contributed by atoms with Crippen molar-refractivity contribution >= 4 is 34.8 Å². The number of hydrogen-bond donors (Lipinski definition) is 3. The van der Waals surface area contributed by atoms with Gasteiger partial charge in [0.2, 0.25) is 5.91 Å². The van der Waals surface area contributed by atoms with Crippen LogP contribution in [0.5, 0.6) is 5.75 Å². The summed E-state index contributed by atoms with van der Waals surface area (Å²) in [5.74, 6) is -13.8. The van der Waals surface area contributed by atoms with Gasteiger partial charge >= 0.3 is 0 Å². The number of carbonyl (C=O) groups excluding carboxylic acids is 6. The van der Waals surface area contributed by atoms with Gasteiger partial charge < -0.3 is 20.7 Å². The second-order valence-corrected chi connectivity index (χ2v) is 12.4. The molecule has 4 N–H and O–H groups in total. The molecule has 0 spiro atoms. The zero-order chi connectivity index (χ0) is 30.7. The standard InChI is InChI=1S/C31H38N2O9/c1-4-14(34)12-17-20-18(13-42-15-8-5-6-9-15)16-10-7-11-19(35)21(16)26(36)22(20)28(38)31(41)24(17)25(33(2)3)27(37)23(29(31)39)30(32)40/h7,10-11,15,17-18,20,22-25,35,41H,4-6,8-9,12-13H2,1-3H3,(H2,32,40). The number of carbonyl (C=O) groups is 6. The molecule has 4 aliphatic carbocycles. The predicted molar refractivity (Wildman–Crippen MR) is 147 cm³/mol. The molecule has 11 heteroatoms. The van der Waals surface area contributed by atoms with E-state index in [2.05, 4.69) is 0 Å². The van der Waals surface area contributed by atoms with Crippen molar-refractivity contribution in [3.8, 4) is 5.75 Å². The molecule has 226 valence electrons. The summed E-state index contributed by atoms with van der Waals surface area (Å²) < 4.78 is 6.31. The Kier molecular flexibility index (Phi) is 7.97. The van der Waals surface area contributed by atoms with Gasteiger partial charge in [-0.3, -0.25) is 33.7 Å². The molecule has 0 bridgehead atoms. The van der Waals surface area contributed by atoms with E-state index in [9.17, 15) is 39.0 Å². The first-order chi connectivity index (χ1) is 19.9. The highest BCUT2D eigenvalue weighted by molar-refractivity contribution is 6.32. The molecule has 8 atom stereocenters. The van der Waals surface area contributed by atoms with Crippen LogP contribution in [0.2, 0.25) is 0 Å². The van der Waals surface area contributed by atoms with Crippen LogP contribution in [0.1, 0.15) is 67.3 Å². The van der Waals surface area contributed by atoms with Crippen molar-refractivity contribution in [2.24, 2.45) is 35.3 Å². The molecule has 0 aliphatic heterocycles. The van der Waals surface area contributed by atoms with E-state index in [1.54, 1.807) is 19.1 Å². The van der Waals surface area contributed by atoms with Gasteiger partial charge in [-0.05, 0) is 50.4 Å². The number of phenolic OH excluding ortho intramolecular Hbond substituents is 1. The number of ketones is 5. The van der Waals surface area contributed by atoms with E-state index in [-0.39, 0.29) is 42.6 Å². The van der Waals surface area contributed by atoms with Crippen molar-refractivity contribution in [2.45, 2.75) is 69.1 Å². The third-order valence-corrected chi connectivity index (χ3v) is 10.0. The first-order valence-electron chi connectivity index (χ1n) is 14.7. The molecule has 0 saturated heterocycles. The molecule has 0 heterocycles. The van der Waals surface area contributed by atoms with Gasteiger partial charge in [0.05, 0.1) is 30.2 Å². The van der Waals surface area contributed by atoms with Crippen LogP contribution in [-0.2, 0) is 28.7 Å². The summed E-state index contributed by atoms with van der Waals surface area (Å²) >= 11 is 0. The lowest BCUT2D eigenvalue weighted by molar-refractivity contribution is -0.191. The molecule has 3 fully saturated rings. The molecule has 42 heavy (non-hydrogen) atoms. The molecule has 1 amide bonds. The number of amides is 1. The molecule has 4 aliphatic rings. The number of ether oxygens (including phenoxy) is 1. The quantitative estimate of drug-likeness (QED) is 0.374. The lowest BCUT2D eigenvalue weighted by Gasteiger charge is -2.57. The van der Waals surface area contributed by atoms with Gasteiger partial charge in [0.15, 0.2) is 34.7 Å². The zero-order valence-electron chi connectivity index (χ0n) is 24.1. The van der Waals surface area contributed by atoms with Gasteiger partial charge in [-0.1, -0.05) is 31.9 Å². The second-order valence-electron chi connectivity index (χ2n) is 12.4. The van der Waals surface area contributed by atoms with Crippen LogP contribution in [0.4, 0.5) is 0 Å². The van der Waals surface area contributed by atoms with E-state index in [0.717, 1.165) is 25.7 Å². The van der Waals surface area contributed by atoms with Crippen LogP contribution >= 0.6 is 0 Å². The van der Waals surface area contributed by atoms with Crippen molar-refractivity contribution in [1.82, 2.24) is 4.90 Å². The fourth-order valence-electron chi connectivity index (χ4n) is 8.15. The smallest absolute Gasteiger partial charge is 0.235 e. The van der Waals surface area contributed by atoms with Gasteiger partial charge in [0, 0.05) is 24.7 Å². The third kappa shape index (κ3) is 4.44. The Morgan fingerprint density at radius 1 is 1.10 bits per heavy atom. The van der Waals surface area contributed by atoms with Crippen molar-refractivity contribution in [3.05, 3.63) is 29.3 Å². The number of likely N-dealkylation sites (N-methyl/N-ethyl adjacent to an activating group) is 1. The molecule has 1 aromatic rings. The first kappa shape index (κ1) is 30.2. The van der Waals surface area contributed by atoms with Gasteiger partial charge in [-0.15, -0.1) is 0 Å². The molecule has 8 unspecified atom stereocenters. The maximum Gasteiger partial charge on any atom is 0.235 e. The van der Waals surface area contributed by atoms with Crippen LogP contribution in [0.3, 0.4) is 0 Å². The van der Waals surface area contributed by atoms with Crippen molar-refractivity contribution < 1.29 is 43.7 Å². The fourth-order valence-corrected chi connectivity index (χ4v) is 8.15. The minimum atomic E-state index is -2.93. The Balaban J connectivity index is 1.75. The zero-order valence-corrected chi connectivity index (χ0v) is 24.1. The fraction of sp³-hybridized carbons (Fsp3) is 0.613. The molecular weight excluding hydrogens is 544 g/mol. The number of nitrogens with zero attached hydrogens (tertiary/aromatic N) is 1. The number of aliphatic hydroxyl groups is 1. The van der Waals surface area contributed by atoms with E-state index in [1.165, 1.54) is 25.1 Å².